The van der Waals surface area contributed by atoms with Crippen LogP contribution in [0.5, 0.6) is 0 Å². The molecule has 1 N–H and O–H groups in total. The number of hydrogen-bond acceptors (Lipinski definition) is 2. The van der Waals surface area contributed by atoms with E-state index in [4.69, 9.17) is 0 Å². The summed E-state index contributed by atoms with van der Waals surface area (Å²) < 4.78 is 13.5. The summed E-state index contributed by atoms with van der Waals surface area (Å²) in [6, 6.07) is 25.5. The Labute approximate surface area is 175 Å². The highest BCUT2D eigenvalue weighted by molar-refractivity contribution is 5.96. The van der Waals surface area contributed by atoms with Crippen LogP contribution in [0.4, 0.5) is 10.1 Å². The monoisotopic (exact) mass is 402 g/mol. The van der Waals surface area contributed by atoms with Gasteiger partial charge < -0.3 is 10.2 Å². The molecule has 0 saturated carbocycles. The van der Waals surface area contributed by atoms with E-state index in [2.05, 4.69) is 5.32 Å². The Hall–Kier alpha value is -3.47. The summed E-state index contributed by atoms with van der Waals surface area (Å²) in [5, 5.41) is 3.00. The molecule has 0 bridgehead atoms. The smallest absolute Gasteiger partial charge is 0.229 e. The molecule has 3 aromatic rings. The van der Waals surface area contributed by atoms with Crippen LogP contribution < -0.4 is 10.2 Å². The minimum atomic E-state index is -0.388. The van der Waals surface area contributed by atoms with E-state index < -0.39 is 0 Å². The first-order valence-corrected chi connectivity index (χ1v) is 10.1. The van der Waals surface area contributed by atoms with Crippen LogP contribution >= 0.6 is 0 Å². The number of rotatable bonds is 6. The van der Waals surface area contributed by atoms with E-state index in [1.807, 2.05) is 60.7 Å². The number of carbonyl (C=O) groups is 2. The fourth-order valence-corrected chi connectivity index (χ4v) is 3.97. The highest BCUT2D eigenvalue weighted by atomic mass is 19.1. The summed E-state index contributed by atoms with van der Waals surface area (Å²) >= 11 is 0. The molecular weight excluding hydrogens is 379 g/mol. The van der Waals surface area contributed by atoms with Crippen molar-refractivity contribution in [3.8, 4) is 0 Å². The van der Waals surface area contributed by atoms with Gasteiger partial charge in [0.05, 0.1) is 6.04 Å². The number of hydrogen-bond donors (Lipinski definition) is 1. The minimum absolute atomic E-state index is 0.0659. The van der Waals surface area contributed by atoms with Crippen molar-refractivity contribution in [1.29, 1.82) is 0 Å². The van der Waals surface area contributed by atoms with Gasteiger partial charge in [0.2, 0.25) is 11.8 Å². The van der Waals surface area contributed by atoms with E-state index in [0.717, 1.165) is 11.1 Å². The van der Waals surface area contributed by atoms with E-state index in [1.165, 1.54) is 17.0 Å². The SMILES string of the molecule is O=C(CC(c1ccccc1)c1ccccc1)N[C@@H]1CC(=O)N(c2cccc(F)c2)C1. The Bertz CT molecular complexity index is 984. The van der Waals surface area contributed by atoms with Crippen LogP contribution in [-0.2, 0) is 9.59 Å². The first kappa shape index (κ1) is 19.8. The molecule has 152 valence electrons. The molecule has 2 amide bonds. The lowest BCUT2D eigenvalue weighted by Crippen LogP contribution is -2.37. The van der Waals surface area contributed by atoms with Gasteiger partial charge in [0.15, 0.2) is 0 Å². The van der Waals surface area contributed by atoms with Crippen LogP contribution in [0.1, 0.15) is 29.9 Å². The van der Waals surface area contributed by atoms with Crippen molar-refractivity contribution in [3.63, 3.8) is 0 Å². The van der Waals surface area contributed by atoms with Crippen LogP contribution in [0.25, 0.3) is 0 Å². The van der Waals surface area contributed by atoms with Crippen molar-refractivity contribution in [2.75, 3.05) is 11.4 Å². The average Bonchev–Trinajstić information content (AvgIpc) is 3.13. The second-order valence-corrected chi connectivity index (χ2v) is 7.53. The number of carbonyl (C=O) groups excluding carboxylic acids is 2. The number of halogens is 1. The molecule has 30 heavy (non-hydrogen) atoms. The van der Waals surface area contributed by atoms with E-state index in [-0.39, 0.29) is 36.0 Å². The summed E-state index contributed by atoms with van der Waals surface area (Å²) in [6.07, 6.45) is 0.502. The summed E-state index contributed by atoms with van der Waals surface area (Å²) in [7, 11) is 0. The predicted octanol–water partition coefficient (Wildman–Crippen LogP) is 4.27. The number of anilines is 1. The number of benzene rings is 3. The second kappa shape index (κ2) is 8.91. The van der Waals surface area contributed by atoms with Crippen molar-refractivity contribution in [3.05, 3.63) is 102 Å². The minimum Gasteiger partial charge on any atom is -0.351 e. The lowest BCUT2D eigenvalue weighted by atomic mass is 9.88. The summed E-state index contributed by atoms with van der Waals surface area (Å²) in [5.41, 5.74) is 2.66. The maximum Gasteiger partial charge on any atom is 0.229 e. The molecule has 5 heteroatoms. The van der Waals surface area contributed by atoms with Crippen LogP contribution in [0, 0.1) is 5.82 Å². The van der Waals surface area contributed by atoms with Gasteiger partial charge in [-0.25, -0.2) is 4.39 Å². The van der Waals surface area contributed by atoms with Crippen LogP contribution in [0.2, 0.25) is 0 Å². The topological polar surface area (TPSA) is 49.4 Å². The highest BCUT2D eigenvalue weighted by Crippen LogP contribution is 2.28. The molecule has 1 fully saturated rings. The Morgan fingerprint density at radius 2 is 1.60 bits per heavy atom. The third-order valence-electron chi connectivity index (χ3n) is 5.40. The highest BCUT2D eigenvalue weighted by Gasteiger charge is 2.32. The van der Waals surface area contributed by atoms with Gasteiger partial charge in [0, 0.05) is 31.0 Å². The molecule has 0 radical (unpaired) electrons. The Morgan fingerprint density at radius 3 is 2.20 bits per heavy atom. The zero-order valence-electron chi connectivity index (χ0n) is 16.5. The molecule has 0 unspecified atom stereocenters. The molecule has 0 aromatic heterocycles. The van der Waals surface area contributed by atoms with Crippen LogP contribution in [-0.4, -0.2) is 24.4 Å². The molecule has 0 aliphatic carbocycles. The molecule has 1 heterocycles. The van der Waals surface area contributed by atoms with Gasteiger partial charge in [-0.3, -0.25) is 9.59 Å². The molecule has 4 rings (SSSR count). The van der Waals surface area contributed by atoms with E-state index in [1.54, 1.807) is 12.1 Å². The molecule has 1 saturated heterocycles. The fourth-order valence-electron chi connectivity index (χ4n) is 3.97. The van der Waals surface area contributed by atoms with Crippen molar-refractivity contribution in [2.45, 2.75) is 24.8 Å². The van der Waals surface area contributed by atoms with Gasteiger partial charge >= 0.3 is 0 Å². The number of nitrogens with one attached hydrogen (secondary N) is 1. The first-order valence-electron chi connectivity index (χ1n) is 10.1. The van der Waals surface area contributed by atoms with Crippen molar-refractivity contribution in [2.24, 2.45) is 0 Å². The maximum atomic E-state index is 13.5. The van der Waals surface area contributed by atoms with Gasteiger partial charge in [-0.2, -0.15) is 0 Å². The van der Waals surface area contributed by atoms with Gasteiger partial charge in [0.1, 0.15) is 5.82 Å². The zero-order valence-corrected chi connectivity index (χ0v) is 16.5. The third kappa shape index (κ3) is 4.57. The summed E-state index contributed by atoms with van der Waals surface area (Å²) in [5.74, 6) is -0.676. The standard InChI is InChI=1S/C25H23FN2O2/c26-20-12-7-13-22(14-20)28-17-21(15-25(28)30)27-24(29)16-23(18-8-3-1-4-9-18)19-10-5-2-6-11-19/h1-14,21,23H,15-17H2,(H,27,29)/t21-/m1/s1. The zero-order chi connectivity index (χ0) is 20.9. The number of amides is 2. The van der Waals surface area contributed by atoms with Crippen LogP contribution in [0.15, 0.2) is 84.9 Å². The molecule has 0 spiro atoms. The second-order valence-electron chi connectivity index (χ2n) is 7.53. The van der Waals surface area contributed by atoms with Crippen molar-refractivity contribution >= 4 is 17.5 Å². The van der Waals surface area contributed by atoms with E-state index >= 15 is 0 Å². The molecule has 3 aromatic carbocycles. The van der Waals surface area contributed by atoms with Gasteiger partial charge in [-0.15, -0.1) is 0 Å². The maximum absolute atomic E-state index is 13.5. The first-order chi connectivity index (χ1) is 14.6. The summed E-state index contributed by atoms with van der Waals surface area (Å²) in [4.78, 5) is 26.8. The predicted molar refractivity (Wildman–Crippen MR) is 115 cm³/mol. The van der Waals surface area contributed by atoms with Gasteiger partial charge in [0.25, 0.3) is 0 Å². The Kier molecular flexibility index (Phi) is 5.89. The molecule has 1 aliphatic rings. The lowest BCUT2D eigenvalue weighted by Gasteiger charge is -2.20. The fraction of sp³-hybridized carbons (Fsp3) is 0.200. The molecule has 4 nitrogen and oxygen atoms in total. The van der Waals surface area contributed by atoms with Crippen molar-refractivity contribution in [1.82, 2.24) is 5.32 Å². The largest absolute Gasteiger partial charge is 0.351 e. The lowest BCUT2D eigenvalue weighted by molar-refractivity contribution is -0.122. The van der Waals surface area contributed by atoms with Crippen LogP contribution in [0.3, 0.4) is 0 Å². The number of nitrogens with zero attached hydrogens (tertiary/aromatic N) is 1. The van der Waals surface area contributed by atoms with Gasteiger partial charge in [-0.1, -0.05) is 66.7 Å². The third-order valence-corrected chi connectivity index (χ3v) is 5.40. The molecular formula is C25H23FN2O2. The van der Waals surface area contributed by atoms with E-state index in [9.17, 15) is 14.0 Å². The average molecular weight is 402 g/mol. The Balaban J connectivity index is 1.45. The normalized spacial score (nSPS) is 16.1. The molecule has 1 aliphatic heterocycles. The summed E-state index contributed by atoms with van der Waals surface area (Å²) in [6.45, 7) is 0.343. The van der Waals surface area contributed by atoms with E-state index in [0.29, 0.717) is 18.7 Å². The Morgan fingerprint density at radius 1 is 0.967 bits per heavy atom. The van der Waals surface area contributed by atoms with Crippen molar-refractivity contribution < 1.29 is 14.0 Å². The quantitative estimate of drug-likeness (QED) is 0.669. The molecule has 1 atom stereocenters. The van der Waals surface area contributed by atoms with Gasteiger partial charge in [-0.05, 0) is 29.3 Å².